The van der Waals surface area contributed by atoms with Crippen LogP contribution in [-0.2, 0) is 0 Å². The molecule has 1 aliphatic heterocycles. The number of hydrogen-bond acceptors (Lipinski definition) is 4. The monoisotopic (exact) mass is 353 g/mol. The van der Waals surface area contributed by atoms with Crippen molar-refractivity contribution >= 4 is 42.1 Å². The Balaban J connectivity index is 0.00000200. The lowest BCUT2D eigenvalue weighted by molar-refractivity contribution is 0.0691. The molecule has 1 aliphatic rings. The van der Waals surface area contributed by atoms with Gasteiger partial charge >= 0.3 is 0 Å². The normalized spacial score (nSPS) is 15.3. The molecule has 2 rings (SSSR count). The fourth-order valence-corrected chi connectivity index (χ4v) is 3.53. The maximum atomic E-state index is 12.4. The highest BCUT2D eigenvalue weighted by Crippen LogP contribution is 2.24. The number of halogens is 2. The number of carbonyl (C=O) groups excluding carboxylic acids is 1. The number of amides is 1. The van der Waals surface area contributed by atoms with Crippen molar-refractivity contribution in [3.05, 3.63) is 15.6 Å². The lowest BCUT2D eigenvalue weighted by Crippen LogP contribution is -2.38. The van der Waals surface area contributed by atoms with Gasteiger partial charge in [-0.05, 0) is 52.6 Å². The summed E-state index contributed by atoms with van der Waals surface area (Å²) in [5, 5.41) is 4.17. The van der Waals surface area contributed by atoms with E-state index in [9.17, 15) is 4.79 Å². The van der Waals surface area contributed by atoms with E-state index < -0.39 is 0 Å². The standard InChI is InChI=1S/C14H23N3OS.2ClH/c1-10-13(19-11(2)16-10)14(18)17-8-5-12(6-9-17)4-7-15-3;;/h12,15H,4-9H2,1-3H3;2*1H. The minimum absolute atomic E-state index is 0. The van der Waals surface area contributed by atoms with Gasteiger partial charge in [0.15, 0.2) is 0 Å². The Morgan fingerprint density at radius 1 is 1.33 bits per heavy atom. The molecule has 0 bridgehead atoms. The Morgan fingerprint density at radius 2 is 1.95 bits per heavy atom. The largest absolute Gasteiger partial charge is 0.338 e. The summed E-state index contributed by atoms with van der Waals surface area (Å²) in [6.07, 6.45) is 3.48. The fraction of sp³-hybridized carbons (Fsp3) is 0.714. The van der Waals surface area contributed by atoms with Gasteiger partial charge in [-0.2, -0.15) is 0 Å². The van der Waals surface area contributed by atoms with Crippen LogP contribution in [-0.4, -0.2) is 42.5 Å². The number of carbonyl (C=O) groups is 1. The van der Waals surface area contributed by atoms with Gasteiger partial charge in [0.2, 0.25) is 0 Å². The van der Waals surface area contributed by atoms with Crippen LogP contribution in [0.1, 0.15) is 39.6 Å². The van der Waals surface area contributed by atoms with E-state index in [1.165, 1.54) is 17.8 Å². The van der Waals surface area contributed by atoms with Crippen LogP contribution in [0.4, 0.5) is 0 Å². The van der Waals surface area contributed by atoms with E-state index in [1.807, 2.05) is 25.8 Å². The Hall–Kier alpha value is -0.360. The van der Waals surface area contributed by atoms with Crippen molar-refractivity contribution in [1.82, 2.24) is 15.2 Å². The van der Waals surface area contributed by atoms with Crippen molar-refractivity contribution in [3.63, 3.8) is 0 Å². The van der Waals surface area contributed by atoms with Crippen molar-refractivity contribution in [3.8, 4) is 0 Å². The van der Waals surface area contributed by atoms with Crippen molar-refractivity contribution in [1.29, 1.82) is 0 Å². The van der Waals surface area contributed by atoms with Crippen LogP contribution in [0.15, 0.2) is 0 Å². The van der Waals surface area contributed by atoms with E-state index in [1.54, 1.807) is 0 Å². The summed E-state index contributed by atoms with van der Waals surface area (Å²) in [7, 11) is 1.99. The smallest absolute Gasteiger partial charge is 0.265 e. The third kappa shape index (κ3) is 5.40. The second-order valence-electron chi connectivity index (χ2n) is 5.28. The highest BCUT2D eigenvalue weighted by molar-refractivity contribution is 7.13. The summed E-state index contributed by atoms with van der Waals surface area (Å²) in [5.41, 5.74) is 0.879. The number of aromatic nitrogens is 1. The highest BCUT2D eigenvalue weighted by Gasteiger charge is 2.25. The molecule has 1 saturated heterocycles. The first kappa shape index (κ1) is 20.6. The minimum Gasteiger partial charge on any atom is -0.338 e. The number of likely N-dealkylation sites (tertiary alicyclic amines) is 1. The molecule has 0 aliphatic carbocycles. The van der Waals surface area contributed by atoms with Gasteiger partial charge in [-0.25, -0.2) is 4.98 Å². The summed E-state index contributed by atoms with van der Waals surface area (Å²) < 4.78 is 0. The lowest BCUT2D eigenvalue weighted by atomic mass is 9.93. The molecule has 0 aromatic carbocycles. The Morgan fingerprint density at radius 3 is 2.43 bits per heavy atom. The molecule has 1 N–H and O–H groups in total. The average Bonchev–Trinajstić information content (AvgIpc) is 2.75. The predicted molar refractivity (Wildman–Crippen MR) is 93.3 cm³/mol. The second-order valence-corrected chi connectivity index (χ2v) is 6.48. The van der Waals surface area contributed by atoms with E-state index >= 15 is 0 Å². The maximum absolute atomic E-state index is 12.4. The van der Waals surface area contributed by atoms with Gasteiger partial charge in [0.1, 0.15) is 4.88 Å². The molecule has 1 fully saturated rings. The van der Waals surface area contributed by atoms with Gasteiger partial charge in [0, 0.05) is 13.1 Å². The number of rotatable bonds is 4. The molecule has 1 aromatic rings. The summed E-state index contributed by atoms with van der Waals surface area (Å²) in [4.78, 5) is 19.6. The summed E-state index contributed by atoms with van der Waals surface area (Å²) >= 11 is 1.52. The van der Waals surface area contributed by atoms with Crippen molar-refractivity contribution in [2.75, 3.05) is 26.7 Å². The fourth-order valence-electron chi connectivity index (χ4n) is 2.65. The quantitative estimate of drug-likeness (QED) is 0.904. The average molecular weight is 354 g/mol. The van der Waals surface area contributed by atoms with Crippen LogP contribution < -0.4 is 5.32 Å². The molecule has 0 atom stereocenters. The van der Waals surface area contributed by atoms with Gasteiger partial charge in [-0.3, -0.25) is 4.79 Å². The molecule has 0 saturated carbocycles. The van der Waals surface area contributed by atoms with E-state index in [4.69, 9.17) is 0 Å². The molecular formula is C14H25Cl2N3OS. The van der Waals surface area contributed by atoms with Crippen LogP contribution in [0, 0.1) is 19.8 Å². The predicted octanol–water partition coefficient (Wildman–Crippen LogP) is 3.07. The van der Waals surface area contributed by atoms with Crippen LogP contribution >= 0.6 is 36.2 Å². The number of thiazole rings is 1. The first-order valence-electron chi connectivity index (χ1n) is 6.99. The van der Waals surface area contributed by atoms with Crippen molar-refractivity contribution in [2.45, 2.75) is 33.1 Å². The third-order valence-corrected chi connectivity index (χ3v) is 4.86. The summed E-state index contributed by atoms with van der Waals surface area (Å²) in [5.74, 6) is 0.941. The molecule has 21 heavy (non-hydrogen) atoms. The van der Waals surface area contributed by atoms with Crippen molar-refractivity contribution < 1.29 is 4.79 Å². The van der Waals surface area contributed by atoms with E-state index in [2.05, 4.69) is 10.3 Å². The maximum Gasteiger partial charge on any atom is 0.265 e. The van der Waals surface area contributed by atoms with Gasteiger partial charge in [-0.1, -0.05) is 0 Å². The number of piperidine rings is 1. The van der Waals surface area contributed by atoms with E-state index in [0.29, 0.717) is 0 Å². The van der Waals surface area contributed by atoms with E-state index in [-0.39, 0.29) is 30.7 Å². The Kier molecular flexibility index (Phi) is 9.45. The molecule has 0 unspecified atom stereocenters. The molecule has 4 nitrogen and oxygen atoms in total. The molecule has 7 heteroatoms. The zero-order valence-corrected chi connectivity index (χ0v) is 15.3. The highest BCUT2D eigenvalue weighted by atomic mass is 35.5. The minimum atomic E-state index is 0. The van der Waals surface area contributed by atoms with Gasteiger partial charge in [0.05, 0.1) is 10.7 Å². The zero-order chi connectivity index (χ0) is 13.8. The molecule has 1 amide bonds. The van der Waals surface area contributed by atoms with Gasteiger partial charge < -0.3 is 10.2 Å². The van der Waals surface area contributed by atoms with E-state index in [0.717, 1.165) is 54.0 Å². The van der Waals surface area contributed by atoms with Gasteiger partial charge in [-0.15, -0.1) is 36.2 Å². The van der Waals surface area contributed by atoms with Gasteiger partial charge in [0.25, 0.3) is 5.91 Å². The lowest BCUT2D eigenvalue weighted by Gasteiger charge is -2.31. The Labute approximate surface area is 143 Å². The number of hydrogen-bond donors (Lipinski definition) is 1. The third-order valence-electron chi connectivity index (χ3n) is 3.80. The molecular weight excluding hydrogens is 329 g/mol. The van der Waals surface area contributed by atoms with Crippen LogP contribution in [0.2, 0.25) is 0 Å². The van der Waals surface area contributed by atoms with Crippen LogP contribution in [0.3, 0.4) is 0 Å². The SMILES string of the molecule is CNCCC1CCN(C(=O)c2sc(C)nc2C)CC1.Cl.Cl. The second kappa shape index (κ2) is 9.62. The first-order chi connectivity index (χ1) is 9.11. The van der Waals surface area contributed by atoms with Crippen molar-refractivity contribution in [2.24, 2.45) is 5.92 Å². The van der Waals surface area contributed by atoms with Crippen LogP contribution in [0.5, 0.6) is 0 Å². The topological polar surface area (TPSA) is 45.2 Å². The first-order valence-corrected chi connectivity index (χ1v) is 7.81. The molecule has 1 aromatic heterocycles. The number of nitrogens with one attached hydrogen (secondary N) is 1. The molecule has 2 heterocycles. The number of nitrogens with zero attached hydrogens (tertiary/aromatic N) is 2. The number of aryl methyl sites for hydroxylation is 2. The Bertz CT molecular complexity index is 445. The summed E-state index contributed by atoms with van der Waals surface area (Å²) in [6, 6.07) is 0. The molecule has 122 valence electrons. The zero-order valence-electron chi connectivity index (χ0n) is 12.8. The molecule has 0 spiro atoms. The molecule has 0 radical (unpaired) electrons. The van der Waals surface area contributed by atoms with Crippen LogP contribution in [0.25, 0.3) is 0 Å². The summed E-state index contributed by atoms with van der Waals surface area (Å²) in [6.45, 7) is 6.74.